The monoisotopic (exact) mass is 459 g/mol. The Kier molecular flexibility index (Phi) is 6.29. The number of fused-ring (bicyclic) bond motifs is 2. The Bertz CT molecular complexity index is 617. The van der Waals surface area contributed by atoms with Crippen molar-refractivity contribution < 1.29 is 22.3 Å². The molecular weight excluding hydrogens is 441 g/mol. The van der Waals surface area contributed by atoms with Gasteiger partial charge in [-0.15, -0.1) is 24.0 Å². The molecule has 0 radical (unpaired) electrons. The van der Waals surface area contributed by atoms with Crippen LogP contribution >= 0.6 is 24.0 Å². The fourth-order valence-corrected chi connectivity index (χ4v) is 3.11. The number of aliphatic imine (C=N–C) groups is 1. The summed E-state index contributed by atoms with van der Waals surface area (Å²) in [7, 11) is 1.50. The fraction of sp³-hybridized carbons (Fsp3) is 0.533. The molecule has 2 aliphatic rings. The normalized spacial score (nSPS) is 25.5. The summed E-state index contributed by atoms with van der Waals surface area (Å²) in [5.41, 5.74) is -0.699. The summed E-state index contributed by atoms with van der Waals surface area (Å²) >= 11 is 0. The van der Waals surface area contributed by atoms with Crippen molar-refractivity contribution in [1.29, 1.82) is 0 Å². The Morgan fingerprint density at radius 2 is 1.88 bits per heavy atom. The Morgan fingerprint density at radius 1 is 1.21 bits per heavy atom. The van der Waals surface area contributed by atoms with Crippen LogP contribution in [0.2, 0.25) is 0 Å². The molecule has 0 spiro atoms. The summed E-state index contributed by atoms with van der Waals surface area (Å²) in [6.07, 6.45) is 3.16. The Balaban J connectivity index is 0.00000208. The first-order valence-electron chi connectivity index (χ1n) is 7.44. The highest BCUT2D eigenvalue weighted by Crippen LogP contribution is 2.34. The lowest BCUT2D eigenvalue weighted by molar-refractivity contribution is 0.0992. The topological polar surface area (TPSA) is 45.7 Å². The molecule has 2 saturated heterocycles. The number of halogens is 5. The smallest absolute Gasteiger partial charge is 0.191 e. The minimum atomic E-state index is -1.43. The van der Waals surface area contributed by atoms with Crippen molar-refractivity contribution in [1.82, 2.24) is 10.6 Å². The molecule has 3 rings (SSSR count). The number of hydrogen-bond donors (Lipinski definition) is 2. The lowest BCUT2D eigenvalue weighted by atomic mass is 9.96. The summed E-state index contributed by atoms with van der Waals surface area (Å²) in [4.78, 5) is 3.96. The zero-order valence-electron chi connectivity index (χ0n) is 12.9. The van der Waals surface area contributed by atoms with Crippen molar-refractivity contribution in [2.75, 3.05) is 7.05 Å². The Hall–Kier alpha value is -1.10. The van der Waals surface area contributed by atoms with Crippen molar-refractivity contribution >= 4 is 29.9 Å². The molecule has 0 amide bonds. The molecule has 3 unspecified atom stereocenters. The average Bonchev–Trinajstić information content (AvgIpc) is 3.14. The molecule has 9 heteroatoms. The molecule has 1 aromatic carbocycles. The van der Waals surface area contributed by atoms with Gasteiger partial charge in [0.05, 0.1) is 18.2 Å². The minimum Gasteiger partial charge on any atom is -0.373 e. The molecule has 4 nitrogen and oxygen atoms in total. The van der Waals surface area contributed by atoms with Gasteiger partial charge in [-0.1, -0.05) is 0 Å². The molecule has 24 heavy (non-hydrogen) atoms. The summed E-state index contributed by atoms with van der Waals surface area (Å²) in [5, 5.41) is 5.80. The summed E-state index contributed by atoms with van der Waals surface area (Å²) in [6.45, 7) is -0.423. The van der Waals surface area contributed by atoms with Gasteiger partial charge in [0.2, 0.25) is 0 Å². The van der Waals surface area contributed by atoms with E-state index < -0.39 is 35.4 Å². The number of nitrogens with one attached hydrogen (secondary N) is 2. The van der Waals surface area contributed by atoms with E-state index in [4.69, 9.17) is 4.74 Å². The molecule has 2 aliphatic heterocycles. The second-order valence-electron chi connectivity index (χ2n) is 5.73. The van der Waals surface area contributed by atoms with Crippen LogP contribution in [-0.4, -0.2) is 31.3 Å². The average molecular weight is 459 g/mol. The highest BCUT2D eigenvalue weighted by atomic mass is 127. The first kappa shape index (κ1) is 19.2. The summed E-state index contributed by atoms with van der Waals surface area (Å²) < 4.78 is 59.3. The van der Waals surface area contributed by atoms with Crippen LogP contribution < -0.4 is 10.6 Å². The van der Waals surface area contributed by atoms with Crippen LogP contribution in [0.15, 0.2) is 11.1 Å². The Morgan fingerprint density at radius 3 is 2.38 bits per heavy atom. The number of ether oxygens (including phenoxy) is 1. The van der Waals surface area contributed by atoms with Gasteiger partial charge in [0.1, 0.15) is 0 Å². The number of benzene rings is 1. The van der Waals surface area contributed by atoms with Crippen LogP contribution in [0.4, 0.5) is 17.6 Å². The molecule has 134 valence electrons. The summed E-state index contributed by atoms with van der Waals surface area (Å²) in [5.74, 6) is -5.37. The van der Waals surface area contributed by atoms with Gasteiger partial charge in [0.25, 0.3) is 0 Å². The third kappa shape index (κ3) is 3.76. The number of guanidine groups is 1. The van der Waals surface area contributed by atoms with Crippen LogP contribution in [0.3, 0.4) is 0 Å². The SMILES string of the molecule is CN=C(NCc1c(F)c(F)cc(F)c1F)NC1CC2CCC1O2.I. The second-order valence-corrected chi connectivity index (χ2v) is 5.73. The van der Waals surface area contributed by atoms with Gasteiger partial charge in [-0.2, -0.15) is 0 Å². The number of nitrogens with zero attached hydrogens (tertiary/aromatic N) is 1. The van der Waals surface area contributed by atoms with Crippen molar-refractivity contribution in [3.8, 4) is 0 Å². The van der Waals surface area contributed by atoms with Crippen molar-refractivity contribution in [2.45, 2.75) is 44.1 Å². The minimum absolute atomic E-state index is 0. The number of rotatable bonds is 3. The molecule has 2 fully saturated rings. The van der Waals surface area contributed by atoms with E-state index in [1.807, 2.05) is 0 Å². The number of hydrogen-bond acceptors (Lipinski definition) is 2. The van der Waals surface area contributed by atoms with E-state index in [9.17, 15) is 17.6 Å². The van der Waals surface area contributed by atoms with Gasteiger partial charge in [-0.3, -0.25) is 4.99 Å². The quantitative estimate of drug-likeness (QED) is 0.240. The maximum Gasteiger partial charge on any atom is 0.191 e. The highest BCUT2D eigenvalue weighted by molar-refractivity contribution is 14.0. The third-order valence-electron chi connectivity index (χ3n) is 4.29. The second kappa shape index (κ2) is 7.85. The highest BCUT2D eigenvalue weighted by Gasteiger charge is 2.41. The van der Waals surface area contributed by atoms with Crippen molar-refractivity contribution in [3.63, 3.8) is 0 Å². The van der Waals surface area contributed by atoms with Crippen LogP contribution in [0.1, 0.15) is 24.8 Å². The van der Waals surface area contributed by atoms with Crippen LogP contribution in [-0.2, 0) is 11.3 Å². The van der Waals surface area contributed by atoms with Crippen LogP contribution in [0.25, 0.3) is 0 Å². The van der Waals surface area contributed by atoms with E-state index >= 15 is 0 Å². The Labute approximate surface area is 154 Å². The van der Waals surface area contributed by atoms with E-state index in [1.54, 1.807) is 0 Å². The molecule has 2 bridgehead atoms. The van der Waals surface area contributed by atoms with E-state index in [1.165, 1.54) is 7.05 Å². The molecule has 1 aromatic rings. The molecular formula is C15H18F4IN3O. The van der Waals surface area contributed by atoms with Gasteiger partial charge in [-0.25, -0.2) is 17.6 Å². The molecule has 3 atom stereocenters. The van der Waals surface area contributed by atoms with Crippen molar-refractivity contribution in [2.24, 2.45) is 4.99 Å². The molecule has 2 heterocycles. The zero-order chi connectivity index (χ0) is 16.6. The molecule has 2 N–H and O–H groups in total. The predicted octanol–water partition coefficient (Wildman–Crippen LogP) is 2.85. The third-order valence-corrected chi connectivity index (χ3v) is 4.29. The van der Waals surface area contributed by atoms with E-state index in [0.717, 1.165) is 19.3 Å². The van der Waals surface area contributed by atoms with Gasteiger partial charge in [-0.05, 0) is 19.3 Å². The first-order valence-corrected chi connectivity index (χ1v) is 7.44. The van der Waals surface area contributed by atoms with E-state index in [0.29, 0.717) is 5.96 Å². The van der Waals surface area contributed by atoms with Gasteiger partial charge in [0.15, 0.2) is 29.2 Å². The lowest BCUT2D eigenvalue weighted by Gasteiger charge is -2.22. The maximum absolute atomic E-state index is 13.6. The van der Waals surface area contributed by atoms with Crippen LogP contribution in [0.5, 0.6) is 0 Å². The van der Waals surface area contributed by atoms with Gasteiger partial charge >= 0.3 is 0 Å². The zero-order valence-corrected chi connectivity index (χ0v) is 15.2. The first-order chi connectivity index (χ1) is 11.0. The molecule has 0 aromatic heterocycles. The molecule has 0 saturated carbocycles. The fourth-order valence-electron chi connectivity index (χ4n) is 3.11. The lowest BCUT2D eigenvalue weighted by Crippen LogP contribution is -2.47. The maximum atomic E-state index is 13.6. The molecule has 0 aliphatic carbocycles. The summed E-state index contributed by atoms with van der Waals surface area (Å²) in [6, 6.07) is 0.257. The van der Waals surface area contributed by atoms with E-state index in [-0.39, 0.29) is 48.3 Å². The predicted molar refractivity (Wildman–Crippen MR) is 91.3 cm³/mol. The standard InChI is InChI=1S/C15H17F4N3O.HI/c1-20-15(22-11-4-7-2-3-12(11)23-7)21-6-8-13(18)9(16)5-10(17)14(8)19;/h5,7,11-12H,2-4,6H2,1H3,(H2,20,21,22);1H. The van der Waals surface area contributed by atoms with Gasteiger partial charge in [0, 0.05) is 25.2 Å². The largest absolute Gasteiger partial charge is 0.373 e. The van der Waals surface area contributed by atoms with Gasteiger partial charge < -0.3 is 15.4 Å². The van der Waals surface area contributed by atoms with Crippen LogP contribution in [0, 0.1) is 23.3 Å². The van der Waals surface area contributed by atoms with E-state index in [2.05, 4.69) is 15.6 Å². The van der Waals surface area contributed by atoms with Crippen molar-refractivity contribution in [3.05, 3.63) is 34.9 Å².